The molecule has 0 aromatic carbocycles. The number of unbranched alkanes of at least 4 members (excludes halogenated alkanes) is 8. The molecule has 0 aromatic heterocycles. The van der Waals surface area contributed by atoms with Crippen molar-refractivity contribution >= 4 is 5.78 Å². The topological polar surface area (TPSA) is 17.1 Å². The molecule has 0 saturated carbocycles. The van der Waals surface area contributed by atoms with Crippen LogP contribution in [0.2, 0.25) is 0 Å². The van der Waals surface area contributed by atoms with E-state index in [9.17, 15) is 4.79 Å². The van der Waals surface area contributed by atoms with Crippen LogP contribution in [0.25, 0.3) is 0 Å². The molecule has 0 rings (SSSR count). The molecule has 0 N–H and O–H groups in total. The van der Waals surface area contributed by atoms with E-state index in [4.69, 9.17) is 0 Å². The van der Waals surface area contributed by atoms with Crippen molar-refractivity contribution < 1.29 is 4.79 Å². The highest BCUT2D eigenvalue weighted by Gasteiger charge is 2.01. The lowest BCUT2D eigenvalue weighted by Gasteiger charge is -2.01. The highest BCUT2D eigenvalue weighted by molar-refractivity contribution is 5.78. The van der Waals surface area contributed by atoms with E-state index < -0.39 is 0 Å². The number of allylic oxidation sites excluding steroid dienone is 1. The molecule has 100 valence electrons. The molecule has 0 aliphatic heterocycles. The van der Waals surface area contributed by atoms with Gasteiger partial charge in [0.15, 0.2) is 0 Å². The van der Waals surface area contributed by atoms with Gasteiger partial charge in [-0.05, 0) is 25.7 Å². The third kappa shape index (κ3) is 13.3. The smallest absolute Gasteiger partial charge is 0.132 e. The van der Waals surface area contributed by atoms with Gasteiger partial charge in [0.2, 0.25) is 0 Å². The van der Waals surface area contributed by atoms with Gasteiger partial charge in [-0.15, -0.1) is 6.58 Å². The fourth-order valence-electron chi connectivity index (χ4n) is 2.02. The van der Waals surface area contributed by atoms with Crippen molar-refractivity contribution in [2.45, 2.75) is 84.0 Å². The first-order valence-electron chi connectivity index (χ1n) is 7.43. The molecule has 0 spiro atoms. The average Bonchev–Trinajstić information content (AvgIpc) is 2.33. The maximum absolute atomic E-state index is 11.5. The highest BCUT2D eigenvalue weighted by atomic mass is 16.1. The molecule has 0 aliphatic carbocycles. The predicted octanol–water partition coefficient (Wildman–Crippen LogP) is 5.44. The van der Waals surface area contributed by atoms with Crippen LogP contribution in [0.1, 0.15) is 84.0 Å². The van der Waals surface area contributed by atoms with E-state index in [1.54, 1.807) is 0 Å². The number of ketones is 1. The maximum atomic E-state index is 11.5. The van der Waals surface area contributed by atoms with Gasteiger partial charge >= 0.3 is 0 Å². The first kappa shape index (κ1) is 16.4. The molecule has 0 bridgehead atoms. The Labute approximate surface area is 108 Å². The number of hydrogen-bond acceptors (Lipinski definition) is 1. The monoisotopic (exact) mass is 238 g/mol. The minimum Gasteiger partial charge on any atom is -0.300 e. The Hall–Kier alpha value is -0.590. The normalized spacial score (nSPS) is 10.4. The van der Waals surface area contributed by atoms with Gasteiger partial charge < -0.3 is 0 Å². The lowest BCUT2D eigenvalue weighted by Crippen LogP contribution is -1.97. The van der Waals surface area contributed by atoms with Crippen LogP contribution < -0.4 is 0 Å². The van der Waals surface area contributed by atoms with Crippen molar-refractivity contribution in [2.24, 2.45) is 0 Å². The molecule has 0 radical (unpaired) electrons. The van der Waals surface area contributed by atoms with Crippen LogP contribution in [0.3, 0.4) is 0 Å². The molecule has 0 unspecified atom stereocenters. The summed E-state index contributed by atoms with van der Waals surface area (Å²) in [5.41, 5.74) is 0. The first-order valence-corrected chi connectivity index (χ1v) is 7.43. The van der Waals surface area contributed by atoms with Crippen LogP contribution in [0.4, 0.5) is 0 Å². The van der Waals surface area contributed by atoms with Crippen LogP contribution >= 0.6 is 0 Å². The van der Waals surface area contributed by atoms with E-state index in [2.05, 4.69) is 13.5 Å². The predicted molar refractivity (Wildman–Crippen MR) is 76.3 cm³/mol. The highest BCUT2D eigenvalue weighted by Crippen LogP contribution is 2.10. The molecule has 0 heterocycles. The molecule has 17 heavy (non-hydrogen) atoms. The van der Waals surface area contributed by atoms with Gasteiger partial charge in [0.25, 0.3) is 0 Å². The van der Waals surface area contributed by atoms with Crippen molar-refractivity contribution in [3.05, 3.63) is 12.7 Å². The molecule has 0 aromatic rings. The van der Waals surface area contributed by atoms with Crippen molar-refractivity contribution in [1.29, 1.82) is 0 Å². The van der Waals surface area contributed by atoms with E-state index in [1.807, 2.05) is 6.08 Å². The van der Waals surface area contributed by atoms with Gasteiger partial charge in [-0.25, -0.2) is 0 Å². The van der Waals surface area contributed by atoms with Crippen molar-refractivity contribution in [3.8, 4) is 0 Å². The van der Waals surface area contributed by atoms with Gasteiger partial charge in [0.1, 0.15) is 5.78 Å². The molecule has 0 amide bonds. The zero-order valence-electron chi connectivity index (χ0n) is 11.7. The van der Waals surface area contributed by atoms with Gasteiger partial charge in [-0.1, -0.05) is 51.5 Å². The van der Waals surface area contributed by atoms with Crippen LogP contribution in [0.5, 0.6) is 0 Å². The second-order valence-electron chi connectivity index (χ2n) is 4.94. The fraction of sp³-hybridized carbons (Fsp3) is 0.812. The summed E-state index contributed by atoms with van der Waals surface area (Å²) in [6, 6.07) is 0. The van der Waals surface area contributed by atoms with Crippen LogP contribution in [-0.2, 0) is 4.79 Å². The van der Waals surface area contributed by atoms with E-state index in [0.717, 1.165) is 32.1 Å². The van der Waals surface area contributed by atoms with Gasteiger partial charge in [0.05, 0.1) is 0 Å². The summed E-state index contributed by atoms with van der Waals surface area (Å²) < 4.78 is 0. The summed E-state index contributed by atoms with van der Waals surface area (Å²) in [5.74, 6) is 0.479. The molecule has 1 nitrogen and oxygen atoms in total. The van der Waals surface area contributed by atoms with Crippen molar-refractivity contribution in [2.75, 3.05) is 0 Å². The maximum Gasteiger partial charge on any atom is 0.132 e. The lowest BCUT2D eigenvalue weighted by molar-refractivity contribution is -0.119. The van der Waals surface area contributed by atoms with Crippen molar-refractivity contribution in [1.82, 2.24) is 0 Å². The van der Waals surface area contributed by atoms with Gasteiger partial charge in [-0.2, -0.15) is 0 Å². The Morgan fingerprint density at radius 1 is 0.882 bits per heavy atom. The zero-order chi connectivity index (χ0) is 12.8. The Balaban J connectivity index is 3.13. The largest absolute Gasteiger partial charge is 0.300 e. The molecular weight excluding hydrogens is 208 g/mol. The van der Waals surface area contributed by atoms with Crippen LogP contribution in [-0.4, -0.2) is 5.78 Å². The minimum absolute atomic E-state index is 0.479. The molecule has 0 aliphatic rings. The van der Waals surface area contributed by atoms with Gasteiger partial charge in [-0.3, -0.25) is 4.79 Å². The number of carbonyl (C=O) groups excluding carboxylic acids is 1. The lowest BCUT2D eigenvalue weighted by atomic mass is 10.0. The zero-order valence-corrected chi connectivity index (χ0v) is 11.7. The molecule has 1 heteroatoms. The number of rotatable bonds is 13. The molecular formula is C16H30O. The van der Waals surface area contributed by atoms with Crippen molar-refractivity contribution in [3.63, 3.8) is 0 Å². The summed E-state index contributed by atoms with van der Waals surface area (Å²) in [6.07, 6.45) is 15.7. The second-order valence-corrected chi connectivity index (χ2v) is 4.94. The van der Waals surface area contributed by atoms with E-state index >= 15 is 0 Å². The summed E-state index contributed by atoms with van der Waals surface area (Å²) in [6.45, 7) is 5.92. The standard InChI is InChI=1S/C16H30O/c1-3-5-7-9-10-11-13-15-16(17)14-12-8-6-4-2/h3H,1,4-15H2,2H3. The number of hydrogen-bond donors (Lipinski definition) is 0. The van der Waals surface area contributed by atoms with Gasteiger partial charge in [0, 0.05) is 12.8 Å². The quantitative estimate of drug-likeness (QED) is 0.308. The third-order valence-electron chi connectivity index (χ3n) is 3.17. The van der Waals surface area contributed by atoms with Crippen LogP contribution in [0.15, 0.2) is 12.7 Å². The Kier molecular flexibility index (Phi) is 13.0. The Bertz CT molecular complexity index is 184. The summed E-state index contributed by atoms with van der Waals surface area (Å²) in [5, 5.41) is 0. The SMILES string of the molecule is C=CCCCCCCCC(=O)CCCCCC. The van der Waals surface area contributed by atoms with E-state index in [-0.39, 0.29) is 0 Å². The second kappa shape index (κ2) is 13.5. The molecule has 0 atom stereocenters. The summed E-state index contributed by atoms with van der Waals surface area (Å²) in [7, 11) is 0. The molecule has 0 saturated heterocycles. The summed E-state index contributed by atoms with van der Waals surface area (Å²) in [4.78, 5) is 11.5. The minimum atomic E-state index is 0.479. The fourth-order valence-corrected chi connectivity index (χ4v) is 2.02. The van der Waals surface area contributed by atoms with E-state index in [0.29, 0.717) is 5.78 Å². The van der Waals surface area contributed by atoms with E-state index in [1.165, 1.54) is 44.9 Å². The third-order valence-corrected chi connectivity index (χ3v) is 3.17. The first-order chi connectivity index (χ1) is 8.31. The molecule has 0 fully saturated rings. The Morgan fingerprint density at radius 3 is 2.00 bits per heavy atom. The van der Waals surface area contributed by atoms with Crippen LogP contribution in [0, 0.1) is 0 Å². The average molecular weight is 238 g/mol. The number of carbonyl (C=O) groups is 1. The number of Topliss-reactive ketones (excluding diaryl/α,β-unsaturated/α-hetero) is 1. The Morgan fingerprint density at radius 2 is 1.41 bits per heavy atom. The summed E-state index contributed by atoms with van der Waals surface area (Å²) >= 11 is 0.